The summed E-state index contributed by atoms with van der Waals surface area (Å²) in [4.78, 5) is 12.3. The van der Waals surface area contributed by atoms with Gasteiger partial charge in [0.05, 0.1) is 5.69 Å². The Morgan fingerprint density at radius 2 is 1.68 bits per heavy atom. The van der Waals surface area contributed by atoms with Crippen molar-refractivity contribution in [3.05, 3.63) is 71.4 Å². The SMILES string of the molecule is CCCC(=O)Nc1c(-c2ccc(F)cc2)c(C)nn1[C@@H](N)c1ccc(F)cc1. The van der Waals surface area contributed by atoms with Gasteiger partial charge in [-0.3, -0.25) is 4.79 Å². The van der Waals surface area contributed by atoms with Crippen molar-refractivity contribution in [2.75, 3.05) is 5.32 Å². The number of hydrogen-bond donors (Lipinski definition) is 2. The maximum atomic E-state index is 13.4. The third kappa shape index (κ3) is 4.09. The number of aromatic nitrogens is 2. The molecule has 0 radical (unpaired) electrons. The summed E-state index contributed by atoms with van der Waals surface area (Å²) in [6.07, 6.45) is 0.304. The highest BCUT2D eigenvalue weighted by molar-refractivity contribution is 5.94. The van der Waals surface area contributed by atoms with Crippen LogP contribution >= 0.6 is 0 Å². The minimum atomic E-state index is -0.731. The molecule has 0 aliphatic heterocycles. The highest BCUT2D eigenvalue weighted by atomic mass is 19.1. The first kappa shape index (κ1) is 19.7. The van der Waals surface area contributed by atoms with Crippen molar-refractivity contribution in [3.63, 3.8) is 0 Å². The molecule has 0 aliphatic carbocycles. The second-order valence-electron chi connectivity index (χ2n) is 6.56. The largest absolute Gasteiger partial charge is 0.310 e. The molecule has 3 rings (SSSR count). The van der Waals surface area contributed by atoms with Crippen LogP contribution in [0.5, 0.6) is 0 Å². The molecular formula is C21H22F2N4O. The fourth-order valence-electron chi connectivity index (χ4n) is 3.05. The molecule has 1 amide bonds. The lowest BCUT2D eigenvalue weighted by Crippen LogP contribution is -2.25. The van der Waals surface area contributed by atoms with Crippen LogP contribution in [0.1, 0.15) is 37.2 Å². The minimum absolute atomic E-state index is 0.168. The number of carbonyl (C=O) groups excluding carboxylic acids is 1. The second-order valence-corrected chi connectivity index (χ2v) is 6.56. The number of rotatable bonds is 6. The molecule has 5 nitrogen and oxygen atoms in total. The number of anilines is 1. The van der Waals surface area contributed by atoms with E-state index < -0.39 is 6.17 Å². The first-order valence-corrected chi connectivity index (χ1v) is 9.06. The van der Waals surface area contributed by atoms with E-state index in [1.807, 2.05) is 6.92 Å². The van der Waals surface area contributed by atoms with Gasteiger partial charge in [0, 0.05) is 12.0 Å². The number of carbonyl (C=O) groups is 1. The van der Waals surface area contributed by atoms with Gasteiger partial charge < -0.3 is 11.1 Å². The van der Waals surface area contributed by atoms with Gasteiger partial charge in [0.15, 0.2) is 0 Å². The Morgan fingerprint density at radius 3 is 2.25 bits per heavy atom. The standard InChI is InChI=1S/C21H22F2N4O/c1-3-4-18(28)25-21-19(14-5-9-16(22)10-6-14)13(2)26-27(21)20(24)15-7-11-17(23)12-8-15/h5-12,20H,3-4,24H2,1-2H3,(H,25,28)/t20-/m1/s1. The van der Waals surface area contributed by atoms with Crippen LogP contribution in [-0.4, -0.2) is 15.7 Å². The van der Waals surface area contributed by atoms with E-state index in [2.05, 4.69) is 10.4 Å². The monoisotopic (exact) mass is 384 g/mol. The molecular weight excluding hydrogens is 362 g/mol. The molecule has 3 aromatic rings. The number of hydrogen-bond acceptors (Lipinski definition) is 3. The Labute approximate surface area is 162 Å². The van der Waals surface area contributed by atoms with Crippen LogP contribution in [0, 0.1) is 18.6 Å². The van der Waals surface area contributed by atoms with Crippen LogP contribution in [0.4, 0.5) is 14.6 Å². The van der Waals surface area contributed by atoms with Crippen molar-refractivity contribution in [1.82, 2.24) is 9.78 Å². The van der Waals surface area contributed by atoms with E-state index in [0.717, 1.165) is 0 Å². The summed E-state index contributed by atoms with van der Waals surface area (Å²) < 4.78 is 28.1. The van der Waals surface area contributed by atoms with Crippen LogP contribution < -0.4 is 11.1 Å². The van der Waals surface area contributed by atoms with E-state index in [4.69, 9.17) is 5.73 Å². The number of halogens is 2. The Hall–Kier alpha value is -3.06. The quantitative estimate of drug-likeness (QED) is 0.662. The van der Waals surface area contributed by atoms with Gasteiger partial charge in [-0.15, -0.1) is 0 Å². The Balaban J connectivity index is 2.10. The van der Waals surface area contributed by atoms with Crippen LogP contribution in [0.3, 0.4) is 0 Å². The first-order chi connectivity index (χ1) is 13.4. The summed E-state index contributed by atoms with van der Waals surface area (Å²) in [5.41, 5.74) is 9.02. The van der Waals surface area contributed by atoms with Crippen LogP contribution in [0.2, 0.25) is 0 Å². The third-order valence-corrected chi connectivity index (χ3v) is 4.43. The zero-order valence-electron chi connectivity index (χ0n) is 15.7. The predicted octanol–water partition coefficient (Wildman–Crippen LogP) is 4.38. The van der Waals surface area contributed by atoms with E-state index in [9.17, 15) is 13.6 Å². The number of benzene rings is 2. The summed E-state index contributed by atoms with van der Waals surface area (Å²) in [7, 11) is 0. The van der Waals surface area contributed by atoms with Gasteiger partial charge in [-0.1, -0.05) is 31.2 Å². The summed E-state index contributed by atoms with van der Waals surface area (Å²) in [5, 5.41) is 7.40. The number of amides is 1. The molecule has 1 heterocycles. The van der Waals surface area contributed by atoms with Crippen molar-refractivity contribution in [2.24, 2.45) is 5.73 Å². The van der Waals surface area contributed by atoms with Gasteiger partial charge in [0.2, 0.25) is 5.91 Å². The van der Waals surface area contributed by atoms with E-state index in [1.54, 1.807) is 31.2 Å². The van der Waals surface area contributed by atoms with Crippen molar-refractivity contribution in [3.8, 4) is 11.1 Å². The van der Waals surface area contributed by atoms with E-state index in [0.29, 0.717) is 41.0 Å². The Bertz CT molecular complexity index is 965. The maximum Gasteiger partial charge on any atom is 0.225 e. The van der Waals surface area contributed by atoms with E-state index in [-0.39, 0.29) is 17.5 Å². The normalized spacial score (nSPS) is 12.0. The molecule has 146 valence electrons. The molecule has 0 spiro atoms. The smallest absolute Gasteiger partial charge is 0.225 e. The topological polar surface area (TPSA) is 72.9 Å². The van der Waals surface area contributed by atoms with Crippen molar-refractivity contribution in [2.45, 2.75) is 32.9 Å². The van der Waals surface area contributed by atoms with Gasteiger partial charge in [-0.2, -0.15) is 5.10 Å². The van der Waals surface area contributed by atoms with E-state index >= 15 is 0 Å². The van der Waals surface area contributed by atoms with Crippen LogP contribution in [0.25, 0.3) is 11.1 Å². The molecule has 0 saturated carbocycles. The predicted molar refractivity (Wildman–Crippen MR) is 105 cm³/mol. The van der Waals surface area contributed by atoms with Gasteiger partial charge in [-0.25, -0.2) is 13.5 Å². The van der Waals surface area contributed by atoms with Crippen molar-refractivity contribution >= 4 is 11.7 Å². The van der Waals surface area contributed by atoms with Crippen molar-refractivity contribution in [1.29, 1.82) is 0 Å². The highest BCUT2D eigenvalue weighted by Crippen LogP contribution is 2.34. The molecule has 0 fully saturated rings. The Kier molecular flexibility index (Phi) is 5.84. The zero-order valence-corrected chi connectivity index (χ0v) is 15.7. The lowest BCUT2D eigenvalue weighted by Gasteiger charge is -2.17. The molecule has 0 bridgehead atoms. The first-order valence-electron chi connectivity index (χ1n) is 9.06. The van der Waals surface area contributed by atoms with Gasteiger partial charge in [0.1, 0.15) is 23.6 Å². The van der Waals surface area contributed by atoms with Gasteiger partial charge in [-0.05, 0) is 48.7 Å². The maximum absolute atomic E-state index is 13.4. The van der Waals surface area contributed by atoms with Crippen LogP contribution in [-0.2, 0) is 4.79 Å². The molecule has 3 N–H and O–H groups in total. The Morgan fingerprint density at radius 1 is 1.11 bits per heavy atom. The van der Waals surface area contributed by atoms with Crippen molar-refractivity contribution < 1.29 is 13.6 Å². The summed E-state index contributed by atoms with van der Waals surface area (Å²) >= 11 is 0. The van der Waals surface area contributed by atoms with E-state index in [1.165, 1.54) is 28.9 Å². The molecule has 7 heteroatoms. The third-order valence-electron chi connectivity index (χ3n) is 4.43. The molecule has 28 heavy (non-hydrogen) atoms. The summed E-state index contributed by atoms with van der Waals surface area (Å²) in [6.45, 7) is 3.70. The minimum Gasteiger partial charge on any atom is -0.310 e. The average molecular weight is 384 g/mol. The molecule has 0 aliphatic rings. The molecule has 1 atom stereocenters. The number of nitrogens with two attached hydrogens (primary N) is 1. The average Bonchev–Trinajstić information content (AvgIpc) is 2.98. The number of aryl methyl sites for hydroxylation is 1. The molecule has 2 aromatic carbocycles. The van der Waals surface area contributed by atoms with Gasteiger partial charge in [0.25, 0.3) is 0 Å². The second kappa shape index (κ2) is 8.31. The lowest BCUT2D eigenvalue weighted by molar-refractivity contribution is -0.116. The fraction of sp³-hybridized carbons (Fsp3) is 0.238. The molecule has 1 aromatic heterocycles. The van der Waals surface area contributed by atoms with Crippen LogP contribution in [0.15, 0.2) is 48.5 Å². The summed E-state index contributed by atoms with van der Waals surface area (Å²) in [6, 6.07) is 11.8. The lowest BCUT2D eigenvalue weighted by atomic mass is 10.1. The highest BCUT2D eigenvalue weighted by Gasteiger charge is 2.23. The molecule has 0 saturated heterocycles. The molecule has 0 unspecified atom stereocenters. The number of nitrogens with zero attached hydrogens (tertiary/aromatic N) is 2. The fourth-order valence-corrected chi connectivity index (χ4v) is 3.05. The zero-order chi connectivity index (χ0) is 20.3. The van der Waals surface area contributed by atoms with Gasteiger partial charge >= 0.3 is 0 Å². The summed E-state index contributed by atoms with van der Waals surface area (Å²) in [5.74, 6) is -0.456. The number of nitrogens with one attached hydrogen (secondary N) is 1.